The predicted octanol–water partition coefficient (Wildman–Crippen LogP) is 1.11. The maximum absolute atomic E-state index is 12.1. The van der Waals surface area contributed by atoms with E-state index in [9.17, 15) is 8.42 Å². The van der Waals surface area contributed by atoms with Crippen LogP contribution in [-0.4, -0.2) is 31.0 Å². The van der Waals surface area contributed by atoms with E-state index in [2.05, 4.69) is 9.88 Å². The minimum atomic E-state index is -3.38. The quantitative estimate of drug-likeness (QED) is 0.891. The fourth-order valence-electron chi connectivity index (χ4n) is 2.11. The van der Waals surface area contributed by atoms with E-state index in [1.807, 2.05) is 0 Å². The highest BCUT2D eigenvalue weighted by atomic mass is 32.2. The second-order valence-corrected chi connectivity index (χ2v) is 6.34. The molecule has 18 heavy (non-hydrogen) atoms. The summed E-state index contributed by atoms with van der Waals surface area (Å²) in [6.07, 6.45) is 2.98. The van der Waals surface area contributed by atoms with Gasteiger partial charge in [-0.25, -0.2) is 0 Å². The second-order valence-electron chi connectivity index (χ2n) is 4.59. The molecule has 1 aliphatic rings. The summed E-state index contributed by atoms with van der Waals surface area (Å²) in [6, 6.07) is 0. The molecule has 1 N–H and O–H groups in total. The molecule has 1 aromatic heterocycles. The fourth-order valence-corrected chi connectivity index (χ4v) is 3.36. The number of piperidine rings is 1. The molecule has 1 fully saturated rings. The Morgan fingerprint density at radius 3 is 2.50 bits per heavy atom. The molecule has 0 atom stereocenters. The first-order valence-electron chi connectivity index (χ1n) is 6.17. The van der Waals surface area contributed by atoms with Crippen LogP contribution in [-0.2, 0) is 16.8 Å². The Bertz CT molecular complexity index is 484. The van der Waals surface area contributed by atoms with Crippen LogP contribution in [0.15, 0.2) is 4.52 Å². The average Bonchev–Trinajstić information content (AvgIpc) is 2.68. The van der Waals surface area contributed by atoms with Crippen LogP contribution >= 0.6 is 0 Å². The summed E-state index contributed by atoms with van der Waals surface area (Å²) in [5.74, 6) is 0.661. The predicted molar refractivity (Wildman–Crippen MR) is 67.2 cm³/mol. The van der Waals surface area contributed by atoms with Crippen LogP contribution in [0.5, 0.6) is 0 Å². The third kappa shape index (κ3) is 2.90. The van der Waals surface area contributed by atoms with Gasteiger partial charge in [-0.15, -0.1) is 0 Å². The van der Waals surface area contributed by atoms with Crippen LogP contribution in [0.3, 0.4) is 0 Å². The third-order valence-corrected chi connectivity index (χ3v) is 4.82. The zero-order valence-electron chi connectivity index (χ0n) is 10.8. The first kappa shape index (κ1) is 13.5. The smallest absolute Gasteiger partial charge is 0.279 e. The molecule has 6 nitrogen and oxygen atoms in total. The summed E-state index contributed by atoms with van der Waals surface area (Å²) in [5, 5.41) is 3.81. The minimum Gasteiger partial charge on any atom is -0.361 e. The molecule has 7 heteroatoms. The maximum atomic E-state index is 12.1. The largest absolute Gasteiger partial charge is 0.361 e. The van der Waals surface area contributed by atoms with Crippen LogP contribution in [0.1, 0.15) is 36.3 Å². The highest BCUT2D eigenvalue weighted by molar-refractivity contribution is 7.87. The monoisotopic (exact) mass is 273 g/mol. The van der Waals surface area contributed by atoms with Crippen LogP contribution < -0.4 is 4.72 Å². The highest BCUT2D eigenvalue weighted by Crippen LogP contribution is 2.15. The van der Waals surface area contributed by atoms with Gasteiger partial charge < -0.3 is 4.52 Å². The van der Waals surface area contributed by atoms with E-state index in [0.717, 1.165) is 30.5 Å². The van der Waals surface area contributed by atoms with E-state index < -0.39 is 10.2 Å². The van der Waals surface area contributed by atoms with Crippen molar-refractivity contribution in [2.24, 2.45) is 0 Å². The Labute approximate surface area is 108 Å². The molecule has 102 valence electrons. The zero-order valence-corrected chi connectivity index (χ0v) is 11.6. The molecule has 0 unspecified atom stereocenters. The minimum absolute atomic E-state index is 0.236. The molecule has 2 heterocycles. The summed E-state index contributed by atoms with van der Waals surface area (Å²) < 4.78 is 33.3. The standard InChI is InChI=1S/C11H19N3O3S/c1-9-11(10(2)17-13-9)8-12-18(15,16)14-6-4-3-5-7-14/h12H,3-8H2,1-2H3. The molecule has 0 aromatic carbocycles. The summed E-state index contributed by atoms with van der Waals surface area (Å²) in [5.41, 5.74) is 1.55. The molecule has 0 amide bonds. The van der Waals surface area contributed by atoms with Gasteiger partial charge in [-0.05, 0) is 26.7 Å². The van der Waals surface area contributed by atoms with Crippen molar-refractivity contribution in [2.45, 2.75) is 39.7 Å². The van der Waals surface area contributed by atoms with Gasteiger partial charge in [0, 0.05) is 25.2 Å². The van der Waals surface area contributed by atoms with Crippen molar-refractivity contribution < 1.29 is 12.9 Å². The van der Waals surface area contributed by atoms with Gasteiger partial charge in [-0.3, -0.25) is 0 Å². The van der Waals surface area contributed by atoms with Gasteiger partial charge in [0.15, 0.2) is 0 Å². The van der Waals surface area contributed by atoms with E-state index in [1.54, 1.807) is 13.8 Å². The summed E-state index contributed by atoms with van der Waals surface area (Å²) in [7, 11) is -3.38. The van der Waals surface area contributed by atoms with E-state index in [-0.39, 0.29) is 6.54 Å². The molecule has 1 saturated heterocycles. The van der Waals surface area contributed by atoms with Crippen LogP contribution in [0.25, 0.3) is 0 Å². The second kappa shape index (κ2) is 5.38. The molecule has 0 saturated carbocycles. The molecule has 1 aliphatic heterocycles. The van der Waals surface area contributed by atoms with Crippen LogP contribution in [0.4, 0.5) is 0 Å². The number of hydrogen-bond acceptors (Lipinski definition) is 4. The maximum Gasteiger partial charge on any atom is 0.279 e. The van der Waals surface area contributed by atoms with Crippen molar-refractivity contribution in [3.8, 4) is 0 Å². The number of nitrogens with one attached hydrogen (secondary N) is 1. The third-order valence-electron chi connectivity index (χ3n) is 3.27. The number of aryl methyl sites for hydroxylation is 2. The van der Waals surface area contributed by atoms with Gasteiger partial charge in [0.05, 0.1) is 5.69 Å². The van der Waals surface area contributed by atoms with Crippen molar-refractivity contribution in [1.82, 2.24) is 14.2 Å². The molecule has 0 radical (unpaired) electrons. The van der Waals surface area contributed by atoms with E-state index in [4.69, 9.17) is 4.52 Å². The summed E-state index contributed by atoms with van der Waals surface area (Å²) in [6.45, 7) is 5.04. The molecule has 1 aromatic rings. The summed E-state index contributed by atoms with van der Waals surface area (Å²) >= 11 is 0. The number of nitrogens with zero attached hydrogens (tertiary/aromatic N) is 2. The van der Waals surface area contributed by atoms with Crippen molar-refractivity contribution >= 4 is 10.2 Å². The normalized spacial score (nSPS) is 18.1. The summed E-state index contributed by atoms with van der Waals surface area (Å²) in [4.78, 5) is 0. The molecular weight excluding hydrogens is 254 g/mol. The molecule has 0 aliphatic carbocycles. The van der Waals surface area contributed by atoms with Gasteiger partial charge in [0.2, 0.25) is 0 Å². The van der Waals surface area contributed by atoms with Crippen molar-refractivity contribution in [3.05, 3.63) is 17.0 Å². The van der Waals surface area contributed by atoms with Gasteiger partial charge in [-0.1, -0.05) is 11.6 Å². The van der Waals surface area contributed by atoms with E-state index in [0.29, 0.717) is 18.8 Å². The number of aromatic nitrogens is 1. The lowest BCUT2D eigenvalue weighted by Crippen LogP contribution is -2.43. The number of hydrogen-bond donors (Lipinski definition) is 1. The van der Waals surface area contributed by atoms with Crippen LogP contribution in [0, 0.1) is 13.8 Å². The molecule has 0 spiro atoms. The van der Waals surface area contributed by atoms with Gasteiger partial charge >= 0.3 is 0 Å². The Kier molecular flexibility index (Phi) is 4.04. The van der Waals surface area contributed by atoms with Crippen molar-refractivity contribution in [3.63, 3.8) is 0 Å². The SMILES string of the molecule is Cc1noc(C)c1CNS(=O)(=O)N1CCCCC1. The van der Waals surface area contributed by atoms with Gasteiger partial charge in [-0.2, -0.15) is 17.4 Å². The first-order chi connectivity index (χ1) is 8.50. The lowest BCUT2D eigenvalue weighted by atomic mass is 10.2. The topological polar surface area (TPSA) is 75.4 Å². The Hall–Kier alpha value is -0.920. The van der Waals surface area contributed by atoms with Crippen LogP contribution in [0.2, 0.25) is 0 Å². The van der Waals surface area contributed by atoms with Crippen molar-refractivity contribution in [2.75, 3.05) is 13.1 Å². The lowest BCUT2D eigenvalue weighted by Gasteiger charge is -2.25. The van der Waals surface area contributed by atoms with Gasteiger partial charge in [0.25, 0.3) is 10.2 Å². The molecular formula is C11H19N3O3S. The van der Waals surface area contributed by atoms with E-state index >= 15 is 0 Å². The average molecular weight is 273 g/mol. The fraction of sp³-hybridized carbons (Fsp3) is 0.727. The zero-order chi connectivity index (χ0) is 13.2. The Morgan fingerprint density at radius 1 is 1.28 bits per heavy atom. The Morgan fingerprint density at radius 2 is 1.94 bits per heavy atom. The molecule has 0 bridgehead atoms. The van der Waals surface area contributed by atoms with E-state index in [1.165, 1.54) is 4.31 Å². The molecule has 2 rings (SSSR count). The van der Waals surface area contributed by atoms with Crippen molar-refractivity contribution in [1.29, 1.82) is 0 Å². The lowest BCUT2D eigenvalue weighted by molar-refractivity contribution is 0.341. The first-order valence-corrected chi connectivity index (χ1v) is 7.61. The van der Waals surface area contributed by atoms with Gasteiger partial charge in [0.1, 0.15) is 5.76 Å². The Balaban J connectivity index is 2.00. The number of rotatable bonds is 4. The highest BCUT2D eigenvalue weighted by Gasteiger charge is 2.24.